The number of amides is 2. The van der Waals surface area contributed by atoms with Gasteiger partial charge in [-0.1, -0.05) is 30.0 Å². The predicted octanol–water partition coefficient (Wildman–Crippen LogP) is 3.42. The van der Waals surface area contributed by atoms with Crippen LogP contribution in [0.15, 0.2) is 84.3 Å². The lowest BCUT2D eigenvalue weighted by molar-refractivity contribution is -0.113. The summed E-state index contributed by atoms with van der Waals surface area (Å²) >= 11 is 1.29. The number of benzene rings is 2. The van der Waals surface area contributed by atoms with Gasteiger partial charge in [0.2, 0.25) is 5.91 Å². The molecular formula is C23H20N6O2S. The molecule has 2 amide bonds. The Labute approximate surface area is 189 Å². The summed E-state index contributed by atoms with van der Waals surface area (Å²) in [4.78, 5) is 28.3. The van der Waals surface area contributed by atoms with Crippen LogP contribution in [0.5, 0.6) is 0 Å². The summed E-state index contributed by atoms with van der Waals surface area (Å²) in [5.74, 6) is 0.434. The van der Waals surface area contributed by atoms with Crippen molar-refractivity contribution in [1.82, 2.24) is 25.1 Å². The number of nitrogens with one attached hydrogen (secondary N) is 2. The molecule has 0 saturated carbocycles. The van der Waals surface area contributed by atoms with Gasteiger partial charge < -0.3 is 10.6 Å². The van der Waals surface area contributed by atoms with E-state index in [0.717, 1.165) is 11.3 Å². The molecule has 2 aromatic heterocycles. The standard InChI is InChI=1S/C23H20N6O2S/c1-24-22(31)16-9-11-18(12-10-16)26-20(30)15-32-23-28-27-21(17-6-5-13-25-14-17)29(23)19-7-3-2-4-8-19/h2-14H,15H2,1H3,(H,24,31)(H,26,30). The molecule has 2 aromatic carbocycles. The Kier molecular flexibility index (Phi) is 6.57. The Morgan fingerprint density at radius 3 is 2.44 bits per heavy atom. The first-order chi connectivity index (χ1) is 15.7. The largest absolute Gasteiger partial charge is 0.355 e. The molecule has 0 aliphatic heterocycles. The third-order valence-corrected chi connectivity index (χ3v) is 5.49. The molecule has 0 aliphatic carbocycles. The highest BCUT2D eigenvalue weighted by Crippen LogP contribution is 2.27. The van der Waals surface area contributed by atoms with Crippen molar-refractivity contribution in [3.63, 3.8) is 0 Å². The smallest absolute Gasteiger partial charge is 0.251 e. The van der Waals surface area contributed by atoms with Gasteiger partial charge in [0.05, 0.1) is 5.75 Å². The van der Waals surface area contributed by atoms with E-state index in [-0.39, 0.29) is 17.6 Å². The van der Waals surface area contributed by atoms with Gasteiger partial charge in [0.15, 0.2) is 11.0 Å². The minimum absolute atomic E-state index is 0.148. The molecule has 32 heavy (non-hydrogen) atoms. The number of hydrogen-bond donors (Lipinski definition) is 2. The molecule has 0 atom stereocenters. The molecule has 0 radical (unpaired) electrons. The number of para-hydroxylation sites is 1. The van der Waals surface area contributed by atoms with Crippen molar-refractivity contribution in [2.75, 3.05) is 18.1 Å². The fraction of sp³-hybridized carbons (Fsp3) is 0.0870. The van der Waals surface area contributed by atoms with Crippen LogP contribution < -0.4 is 10.6 Å². The average molecular weight is 445 g/mol. The van der Waals surface area contributed by atoms with Crippen LogP contribution in [0.2, 0.25) is 0 Å². The number of carbonyl (C=O) groups is 2. The lowest BCUT2D eigenvalue weighted by atomic mass is 10.2. The molecular weight excluding hydrogens is 424 g/mol. The molecule has 8 nitrogen and oxygen atoms in total. The molecule has 0 fully saturated rings. The highest BCUT2D eigenvalue weighted by Gasteiger charge is 2.17. The molecule has 0 aliphatic rings. The molecule has 2 heterocycles. The topological polar surface area (TPSA) is 102 Å². The van der Waals surface area contributed by atoms with Crippen molar-refractivity contribution in [3.8, 4) is 17.1 Å². The number of thioether (sulfide) groups is 1. The van der Waals surface area contributed by atoms with E-state index < -0.39 is 0 Å². The molecule has 0 bridgehead atoms. The van der Waals surface area contributed by atoms with Crippen LogP contribution in [0, 0.1) is 0 Å². The minimum Gasteiger partial charge on any atom is -0.355 e. The van der Waals surface area contributed by atoms with Gasteiger partial charge in [0, 0.05) is 41.9 Å². The van der Waals surface area contributed by atoms with Gasteiger partial charge in [-0.25, -0.2) is 0 Å². The normalized spacial score (nSPS) is 10.5. The van der Waals surface area contributed by atoms with Crippen LogP contribution in [0.4, 0.5) is 5.69 Å². The zero-order valence-electron chi connectivity index (χ0n) is 17.2. The first-order valence-electron chi connectivity index (χ1n) is 9.82. The Bertz CT molecular complexity index is 1210. The van der Waals surface area contributed by atoms with E-state index in [1.54, 1.807) is 43.7 Å². The van der Waals surface area contributed by atoms with E-state index in [0.29, 0.717) is 22.2 Å². The third kappa shape index (κ3) is 4.84. The highest BCUT2D eigenvalue weighted by molar-refractivity contribution is 7.99. The van der Waals surface area contributed by atoms with Crippen LogP contribution in [-0.4, -0.2) is 44.4 Å². The quantitative estimate of drug-likeness (QED) is 0.424. The van der Waals surface area contributed by atoms with E-state index in [2.05, 4.69) is 25.8 Å². The van der Waals surface area contributed by atoms with Crippen molar-refractivity contribution >= 4 is 29.3 Å². The van der Waals surface area contributed by atoms with Gasteiger partial charge in [-0.2, -0.15) is 0 Å². The minimum atomic E-state index is -0.187. The van der Waals surface area contributed by atoms with Crippen molar-refractivity contribution in [2.24, 2.45) is 0 Å². The van der Waals surface area contributed by atoms with E-state index >= 15 is 0 Å². The summed E-state index contributed by atoms with van der Waals surface area (Å²) in [5.41, 5.74) is 2.86. The monoisotopic (exact) mass is 444 g/mol. The first-order valence-corrected chi connectivity index (χ1v) is 10.8. The maximum Gasteiger partial charge on any atom is 0.251 e. The van der Waals surface area contributed by atoms with E-state index in [1.807, 2.05) is 47.0 Å². The lowest BCUT2D eigenvalue weighted by Gasteiger charge is -2.10. The summed E-state index contributed by atoms with van der Waals surface area (Å²) in [6.45, 7) is 0. The Morgan fingerprint density at radius 2 is 1.75 bits per heavy atom. The number of rotatable bonds is 7. The van der Waals surface area contributed by atoms with Gasteiger partial charge >= 0.3 is 0 Å². The molecule has 0 unspecified atom stereocenters. The van der Waals surface area contributed by atoms with Crippen LogP contribution in [-0.2, 0) is 4.79 Å². The number of carbonyl (C=O) groups excluding carboxylic acids is 2. The van der Waals surface area contributed by atoms with Gasteiger partial charge in [0.25, 0.3) is 5.91 Å². The second-order valence-electron chi connectivity index (χ2n) is 6.71. The van der Waals surface area contributed by atoms with Gasteiger partial charge in [0.1, 0.15) is 0 Å². The molecule has 9 heteroatoms. The summed E-state index contributed by atoms with van der Waals surface area (Å²) in [5, 5.41) is 14.6. The second-order valence-corrected chi connectivity index (χ2v) is 7.65. The molecule has 160 valence electrons. The van der Waals surface area contributed by atoms with Crippen LogP contribution in [0.1, 0.15) is 10.4 Å². The van der Waals surface area contributed by atoms with Crippen molar-refractivity contribution in [2.45, 2.75) is 5.16 Å². The molecule has 2 N–H and O–H groups in total. The maximum atomic E-state index is 12.5. The predicted molar refractivity (Wildman–Crippen MR) is 124 cm³/mol. The van der Waals surface area contributed by atoms with Gasteiger partial charge in [-0.3, -0.25) is 19.1 Å². The van der Waals surface area contributed by atoms with Crippen LogP contribution in [0.3, 0.4) is 0 Å². The molecule has 4 rings (SSSR count). The average Bonchev–Trinajstić information content (AvgIpc) is 3.28. The van der Waals surface area contributed by atoms with Crippen LogP contribution in [0.25, 0.3) is 17.1 Å². The summed E-state index contributed by atoms with van der Waals surface area (Å²) < 4.78 is 1.91. The number of aromatic nitrogens is 4. The Balaban J connectivity index is 1.50. The third-order valence-electron chi connectivity index (χ3n) is 4.56. The van der Waals surface area contributed by atoms with Gasteiger partial charge in [-0.15, -0.1) is 10.2 Å². The van der Waals surface area contributed by atoms with E-state index in [9.17, 15) is 9.59 Å². The highest BCUT2D eigenvalue weighted by atomic mass is 32.2. The number of pyridine rings is 1. The Hall–Kier alpha value is -3.98. The molecule has 0 spiro atoms. The number of nitrogens with zero attached hydrogens (tertiary/aromatic N) is 4. The van der Waals surface area contributed by atoms with Crippen molar-refractivity contribution < 1.29 is 9.59 Å². The SMILES string of the molecule is CNC(=O)c1ccc(NC(=O)CSc2nnc(-c3cccnc3)n2-c2ccccc2)cc1. The van der Waals surface area contributed by atoms with Crippen molar-refractivity contribution in [1.29, 1.82) is 0 Å². The fourth-order valence-electron chi connectivity index (χ4n) is 3.03. The zero-order valence-corrected chi connectivity index (χ0v) is 18.0. The van der Waals surface area contributed by atoms with Gasteiger partial charge in [-0.05, 0) is 48.5 Å². The summed E-state index contributed by atoms with van der Waals surface area (Å²) in [6.07, 6.45) is 3.43. The number of anilines is 1. The van der Waals surface area contributed by atoms with E-state index in [4.69, 9.17) is 0 Å². The fourth-order valence-corrected chi connectivity index (χ4v) is 3.78. The number of hydrogen-bond acceptors (Lipinski definition) is 6. The zero-order chi connectivity index (χ0) is 22.3. The van der Waals surface area contributed by atoms with E-state index in [1.165, 1.54) is 11.8 Å². The summed E-state index contributed by atoms with van der Waals surface area (Å²) in [7, 11) is 1.57. The first kappa shape index (κ1) is 21.3. The van der Waals surface area contributed by atoms with Crippen molar-refractivity contribution in [3.05, 3.63) is 84.7 Å². The Morgan fingerprint density at radius 1 is 0.969 bits per heavy atom. The van der Waals surface area contributed by atoms with Crippen LogP contribution >= 0.6 is 11.8 Å². The lowest BCUT2D eigenvalue weighted by Crippen LogP contribution is -2.18. The summed E-state index contributed by atoms with van der Waals surface area (Å²) in [6, 6.07) is 20.2. The maximum absolute atomic E-state index is 12.5. The molecule has 0 saturated heterocycles. The second kappa shape index (κ2) is 9.88. The molecule has 4 aromatic rings.